The van der Waals surface area contributed by atoms with Gasteiger partial charge in [0.2, 0.25) is 0 Å². The first-order valence-corrected chi connectivity index (χ1v) is 8.55. The van der Waals surface area contributed by atoms with Crippen LogP contribution in [0.3, 0.4) is 0 Å². The van der Waals surface area contributed by atoms with Gasteiger partial charge < -0.3 is 16.0 Å². The Hall–Kier alpha value is -2.82. The van der Waals surface area contributed by atoms with E-state index in [1.165, 1.54) is 0 Å². The molecule has 25 heavy (non-hydrogen) atoms. The first-order valence-electron chi connectivity index (χ1n) is 8.55. The minimum atomic E-state index is -0.115. The van der Waals surface area contributed by atoms with Gasteiger partial charge in [-0.2, -0.15) is 0 Å². The summed E-state index contributed by atoms with van der Waals surface area (Å²) in [5.41, 5.74) is 8.72. The SMILES string of the molecule is Cc1ccc(C(=O)N2CCC(NC(=O)c3cccc(N)c3)CC2)cc1. The van der Waals surface area contributed by atoms with Crippen molar-refractivity contribution in [3.63, 3.8) is 0 Å². The molecule has 1 aliphatic rings. The van der Waals surface area contributed by atoms with E-state index in [4.69, 9.17) is 5.73 Å². The minimum Gasteiger partial charge on any atom is -0.399 e. The van der Waals surface area contributed by atoms with Crippen LogP contribution in [-0.4, -0.2) is 35.8 Å². The third kappa shape index (κ3) is 4.18. The molecular weight excluding hydrogens is 314 g/mol. The maximum atomic E-state index is 12.5. The van der Waals surface area contributed by atoms with Crippen LogP contribution in [0.2, 0.25) is 0 Å². The number of hydrogen-bond acceptors (Lipinski definition) is 3. The van der Waals surface area contributed by atoms with E-state index in [9.17, 15) is 9.59 Å². The number of amides is 2. The van der Waals surface area contributed by atoms with Crippen molar-refractivity contribution in [3.05, 3.63) is 65.2 Å². The molecule has 2 amide bonds. The Balaban J connectivity index is 1.54. The molecule has 2 aromatic carbocycles. The van der Waals surface area contributed by atoms with Crippen molar-refractivity contribution >= 4 is 17.5 Å². The van der Waals surface area contributed by atoms with Crippen LogP contribution in [0.1, 0.15) is 39.1 Å². The number of benzene rings is 2. The highest BCUT2D eigenvalue weighted by Crippen LogP contribution is 2.15. The number of hydrogen-bond donors (Lipinski definition) is 2. The van der Waals surface area contributed by atoms with Crippen molar-refractivity contribution in [1.29, 1.82) is 0 Å². The van der Waals surface area contributed by atoms with Crippen molar-refractivity contribution in [2.24, 2.45) is 0 Å². The van der Waals surface area contributed by atoms with Crippen molar-refractivity contribution in [2.75, 3.05) is 18.8 Å². The highest BCUT2D eigenvalue weighted by Gasteiger charge is 2.24. The summed E-state index contributed by atoms with van der Waals surface area (Å²) in [5.74, 6) is -0.0591. The molecule has 2 aromatic rings. The molecule has 1 saturated heterocycles. The number of rotatable bonds is 3. The maximum absolute atomic E-state index is 12.5. The maximum Gasteiger partial charge on any atom is 0.253 e. The van der Waals surface area contributed by atoms with Gasteiger partial charge in [-0.05, 0) is 50.1 Å². The molecule has 0 unspecified atom stereocenters. The third-order valence-electron chi connectivity index (χ3n) is 4.56. The standard InChI is InChI=1S/C20H23N3O2/c1-14-5-7-15(8-6-14)20(25)23-11-9-18(10-12-23)22-19(24)16-3-2-4-17(21)13-16/h2-8,13,18H,9-12,21H2,1H3,(H,22,24). The predicted octanol–water partition coefficient (Wildman–Crippen LogP) is 2.61. The Morgan fingerprint density at radius 3 is 2.36 bits per heavy atom. The lowest BCUT2D eigenvalue weighted by Gasteiger charge is -2.32. The summed E-state index contributed by atoms with van der Waals surface area (Å²) >= 11 is 0. The summed E-state index contributed by atoms with van der Waals surface area (Å²) in [6.45, 7) is 3.30. The van der Waals surface area contributed by atoms with Gasteiger partial charge in [0.25, 0.3) is 11.8 Å². The summed E-state index contributed by atoms with van der Waals surface area (Å²) in [6.07, 6.45) is 1.51. The zero-order valence-corrected chi connectivity index (χ0v) is 14.4. The van der Waals surface area contributed by atoms with Gasteiger partial charge in [0.1, 0.15) is 0 Å². The summed E-state index contributed by atoms with van der Waals surface area (Å²) in [7, 11) is 0. The first-order chi connectivity index (χ1) is 12.0. The molecule has 0 aromatic heterocycles. The zero-order valence-electron chi connectivity index (χ0n) is 14.4. The van der Waals surface area contributed by atoms with E-state index in [2.05, 4.69) is 5.32 Å². The van der Waals surface area contributed by atoms with Gasteiger partial charge in [0.05, 0.1) is 0 Å². The van der Waals surface area contributed by atoms with E-state index >= 15 is 0 Å². The van der Waals surface area contributed by atoms with Crippen molar-refractivity contribution < 1.29 is 9.59 Å². The highest BCUT2D eigenvalue weighted by molar-refractivity contribution is 5.95. The van der Waals surface area contributed by atoms with Crippen molar-refractivity contribution in [2.45, 2.75) is 25.8 Å². The lowest BCUT2D eigenvalue weighted by atomic mass is 10.0. The van der Waals surface area contributed by atoms with Gasteiger partial charge >= 0.3 is 0 Å². The number of aryl methyl sites for hydroxylation is 1. The Kier molecular flexibility index (Phi) is 5.03. The topological polar surface area (TPSA) is 75.4 Å². The molecule has 3 rings (SSSR count). The fraction of sp³-hybridized carbons (Fsp3) is 0.300. The number of anilines is 1. The number of nitrogens with zero attached hydrogens (tertiary/aromatic N) is 1. The molecule has 1 fully saturated rings. The summed E-state index contributed by atoms with van der Waals surface area (Å²) < 4.78 is 0. The molecule has 5 nitrogen and oxygen atoms in total. The minimum absolute atomic E-state index is 0.0561. The average Bonchev–Trinajstić information content (AvgIpc) is 2.62. The molecule has 0 bridgehead atoms. The van der Waals surface area contributed by atoms with E-state index in [0.717, 1.165) is 18.4 Å². The molecular formula is C20H23N3O2. The number of nitrogen functional groups attached to an aromatic ring is 1. The molecule has 0 saturated carbocycles. The molecule has 3 N–H and O–H groups in total. The lowest BCUT2D eigenvalue weighted by Crippen LogP contribution is -2.46. The quantitative estimate of drug-likeness (QED) is 0.846. The van der Waals surface area contributed by atoms with E-state index in [1.54, 1.807) is 24.3 Å². The van der Waals surface area contributed by atoms with Crippen LogP contribution in [0.15, 0.2) is 48.5 Å². The molecule has 1 aliphatic heterocycles. The summed E-state index contributed by atoms with van der Waals surface area (Å²) in [4.78, 5) is 26.7. The predicted molar refractivity (Wildman–Crippen MR) is 98.4 cm³/mol. The molecule has 0 spiro atoms. The normalized spacial score (nSPS) is 15.0. The molecule has 0 radical (unpaired) electrons. The summed E-state index contributed by atoms with van der Waals surface area (Å²) in [6, 6.07) is 14.7. The van der Waals surface area contributed by atoms with Crippen molar-refractivity contribution in [1.82, 2.24) is 10.2 Å². The van der Waals surface area contributed by atoms with Gasteiger partial charge in [-0.1, -0.05) is 23.8 Å². The van der Waals surface area contributed by atoms with E-state index in [0.29, 0.717) is 29.9 Å². The average molecular weight is 337 g/mol. The molecule has 0 atom stereocenters. The monoisotopic (exact) mass is 337 g/mol. The molecule has 5 heteroatoms. The van der Waals surface area contributed by atoms with Crippen LogP contribution < -0.4 is 11.1 Å². The van der Waals surface area contributed by atoms with Crippen LogP contribution >= 0.6 is 0 Å². The zero-order chi connectivity index (χ0) is 17.8. The number of nitrogens with two attached hydrogens (primary N) is 1. The third-order valence-corrected chi connectivity index (χ3v) is 4.56. The Labute approximate surface area is 147 Å². The van der Waals surface area contributed by atoms with Gasteiger partial charge in [-0.25, -0.2) is 0 Å². The van der Waals surface area contributed by atoms with Crippen LogP contribution in [0.25, 0.3) is 0 Å². The van der Waals surface area contributed by atoms with Crippen LogP contribution in [0.5, 0.6) is 0 Å². The van der Waals surface area contributed by atoms with Crippen molar-refractivity contribution in [3.8, 4) is 0 Å². The van der Waals surface area contributed by atoms with E-state index in [-0.39, 0.29) is 17.9 Å². The second kappa shape index (κ2) is 7.38. The van der Waals surface area contributed by atoms with E-state index < -0.39 is 0 Å². The smallest absolute Gasteiger partial charge is 0.253 e. The van der Waals surface area contributed by atoms with Gasteiger partial charge in [0, 0.05) is 35.9 Å². The second-order valence-electron chi connectivity index (χ2n) is 6.53. The fourth-order valence-corrected chi connectivity index (χ4v) is 3.05. The number of carbonyl (C=O) groups is 2. The lowest BCUT2D eigenvalue weighted by molar-refractivity contribution is 0.0698. The van der Waals surface area contributed by atoms with Crippen LogP contribution in [0, 0.1) is 6.92 Å². The molecule has 0 aliphatic carbocycles. The largest absolute Gasteiger partial charge is 0.399 e. The van der Waals surface area contributed by atoms with Crippen LogP contribution in [-0.2, 0) is 0 Å². The number of piperidine rings is 1. The Bertz CT molecular complexity index is 763. The Morgan fingerprint density at radius 2 is 1.72 bits per heavy atom. The van der Waals surface area contributed by atoms with Gasteiger partial charge in [-0.3, -0.25) is 9.59 Å². The van der Waals surface area contributed by atoms with Gasteiger partial charge in [-0.15, -0.1) is 0 Å². The second-order valence-corrected chi connectivity index (χ2v) is 6.53. The fourth-order valence-electron chi connectivity index (χ4n) is 3.05. The summed E-state index contributed by atoms with van der Waals surface area (Å²) in [5, 5.41) is 3.04. The van der Waals surface area contributed by atoms with E-state index in [1.807, 2.05) is 36.1 Å². The first kappa shape index (κ1) is 17.0. The molecule has 1 heterocycles. The highest BCUT2D eigenvalue weighted by atomic mass is 16.2. The number of likely N-dealkylation sites (tertiary alicyclic amines) is 1. The van der Waals surface area contributed by atoms with Gasteiger partial charge in [0.15, 0.2) is 0 Å². The Morgan fingerprint density at radius 1 is 1.04 bits per heavy atom. The number of nitrogens with one attached hydrogen (secondary N) is 1. The molecule has 130 valence electrons. The number of carbonyl (C=O) groups excluding carboxylic acids is 2. The van der Waals surface area contributed by atoms with Crippen LogP contribution in [0.4, 0.5) is 5.69 Å².